The van der Waals surface area contributed by atoms with E-state index in [1.807, 2.05) is 38.1 Å². The zero-order chi connectivity index (χ0) is 12.7. The van der Waals surface area contributed by atoms with E-state index in [1.54, 1.807) is 0 Å². The monoisotopic (exact) mass is 230 g/mol. The summed E-state index contributed by atoms with van der Waals surface area (Å²) in [5.74, 6) is -0.0565. The first-order valence-electron chi connectivity index (χ1n) is 5.93. The molecule has 0 aliphatic rings. The molecule has 90 valence electrons. The molecular formula is C14H18N2O. The number of amides is 1. The standard InChI is InChI=1S/C14H18N2O/c1-3-4-5-14(17)16-13(10-15)12-8-6-11(2)7-9-12/h6-9,13H,3-5H2,1-2H3,(H,16,17). The normalized spacial score (nSPS) is 11.6. The third-order valence-corrected chi connectivity index (χ3v) is 2.60. The van der Waals surface area contributed by atoms with Gasteiger partial charge in [0.25, 0.3) is 0 Å². The fourth-order valence-electron chi connectivity index (χ4n) is 1.52. The number of benzene rings is 1. The lowest BCUT2D eigenvalue weighted by molar-refractivity contribution is -0.121. The molecule has 0 spiro atoms. The predicted molar refractivity (Wildman–Crippen MR) is 67.2 cm³/mol. The Balaban J connectivity index is 2.63. The van der Waals surface area contributed by atoms with Crippen LogP contribution in [0, 0.1) is 18.3 Å². The average molecular weight is 230 g/mol. The van der Waals surface area contributed by atoms with Crippen molar-refractivity contribution < 1.29 is 4.79 Å². The fraction of sp³-hybridized carbons (Fsp3) is 0.429. The Labute approximate surface area is 102 Å². The maximum absolute atomic E-state index is 11.5. The van der Waals surface area contributed by atoms with Crippen LogP contribution in [0.5, 0.6) is 0 Å². The smallest absolute Gasteiger partial charge is 0.221 e. The Hall–Kier alpha value is -1.82. The van der Waals surface area contributed by atoms with Crippen molar-refractivity contribution in [2.75, 3.05) is 0 Å². The highest BCUT2D eigenvalue weighted by molar-refractivity contribution is 5.76. The number of nitrogens with one attached hydrogen (secondary N) is 1. The molecule has 1 amide bonds. The van der Waals surface area contributed by atoms with Crippen molar-refractivity contribution in [1.29, 1.82) is 5.26 Å². The van der Waals surface area contributed by atoms with Crippen LogP contribution in [0.15, 0.2) is 24.3 Å². The van der Waals surface area contributed by atoms with Crippen molar-refractivity contribution in [2.24, 2.45) is 0 Å². The molecule has 1 unspecified atom stereocenters. The van der Waals surface area contributed by atoms with Gasteiger partial charge in [0.2, 0.25) is 5.91 Å². The van der Waals surface area contributed by atoms with Crippen molar-refractivity contribution in [2.45, 2.75) is 39.2 Å². The van der Waals surface area contributed by atoms with Gasteiger partial charge in [-0.2, -0.15) is 5.26 Å². The summed E-state index contributed by atoms with van der Waals surface area (Å²) >= 11 is 0. The van der Waals surface area contributed by atoms with Gasteiger partial charge in [-0.3, -0.25) is 4.79 Å². The lowest BCUT2D eigenvalue weighted by Gasteiger charge is -2.12. The number of hydrogen-bond donors (Lipinski definition) is 1. The zero-order valence-electron chi connectivity index (χ0n) is 10.4. The number of hydrogen-bond acceptors (Lipinski definition) is 2. The van der Waals surface area contributed by atoms with Crippen LogP contribution in [-0.4, -0.2) is 5.91 Å². The summed E-state index contributed by atoms with van der Waals surface area (Å²) in [6.45, 7) is 4.03. The third-order valence-electron chi connectivity index (χ3n) is 2.60. The lowest BCUT2D eigenvalue weighted by atomic mass is 10.1. The van der Waals surface area contributed by atoms with Gasteiger partial charge in [-0.1, -0.05) is 43.2 Å². The molecule has 0 aromatic heterocycles. The van der Waals surface area contributed by atoms with Gasteiger partial charge in [0.05, 0.1) is 6.07 Å². The number of unbranched alkanes of at least 4 members (excludes halogenated alkanes) is 1. The lowest BCUT2D eigenvalue weighted by Crippen LogP contribution is -2.27. The van der Waals surface area contributed by atoms with Crippen LogP contribution in [-0.2, 0) is 4.79 Å². The Bertz CT molecular complexity index is 403. The molecule has 0 aliphatic carbocycles. The summed E-state index contributed by atoms with van der Waals surface area (Å²) in [4.78, 5) is 11.5. The maximum Gasteiger partial charge on any atom is 0.221 e. The summed E-state index contributed by atoms with van der Waals surface area (Å²) in [6, 6.07) is 9.21. The van der Waals surface area contributed by atoms with Gasteiger partial charge in [-0.05, 0) is 18.9 Å². The second kappa shape index (κ2) is 6.70. The number of nitriles is 1. The molecule has 0 saturated heterocycles. The Morgan fingerprint density at radius 2 is 2.06 bits per heavy atom. The SMILES string of the molecule is CCCCC(=O)NC(C#N)c1ccc(C)cc1. The molecule has 0 saturated carbocycles. The fourth-order valence-corrected chi connectivity index (χ4v) is 1.52. The van der Waals surface area contributed by atoms with Gasteiger partial charge >= 0.3 is 0 Å². The molecule has 1 aromatic carbocycles. The zero-order valence-corrected chi connectivity index (χ0v) is 10.4. The Morgan fingerprint density at radius 3 is 2.59 bits per heavy atom. The molecular weight excluding hydrogens is 212 g/mol. The van der Waals surface area contributed by atoms with Gasteiger partial charge in [0.15, 0.2) is 0 Å². The van der Waals surface area contributed by atoms with Crippen molar-refractivity contribution in [3.63, 3.8) is 0 Å². The number of nitrogens with zero attached hydrogens (tertiary/aromatic N) is 1. The van der Waals surface area contributed by atoms with Crippen LogP contribution in [0.3, 0.4) is 0 Å². The van der Waals surface area contributed by atoms with Crippen LogP contribution in [0.25, 0.3) is 0 Å². The second-order valence-corrected chi connectivity index (χ2v) is 4.14. The minimum Gasteiger partial charge on any atom is -0.337 e. The van der Waals surface area contributed by atoms with E-state index in [0.29, 0.717) is 6.42 Å². The van der Waals surface area contributed by atoms with Crippen molar-refractivity contribution >= 4 is 5.91 Å². The van der Waals surface area contributed by atoms with E-state index < -0.39 is 6.04 Å². The Morgan fingerprint density at radius 1 is 1.41 bits per heavy atom. The highest BCUT2D eigenvalue weighted by atomic mass is 16.1. The van der Waals surface area contributed by atoms with Crippen LogP contribution >= 0.6 is 0 Å². The number of carbonyl (C=O) groups excluding carboxylic acids is 1. The first-order valence-corrected chi connectivity index (χ1v) is 5.93. The third kappa shape index (κ3) is 4.28. The molecule has 3 nitrogen and oxygen atoms in total. The van der Waals surface area contributed by atoms with Crippen molar-refractivity contribution in [1.82, 2.24) is 5.32 Å². The molecule has 1 N–H and O–H groups in total. The number of rotatable bonds is 5. The van der Waals surface area contributed by atoms with Gasteiger partial charge in [0.1, 0.15) is 6.04 Å². The van der Waals surface area contributed by atoms with E-state index in [0.717, 1.165) is 24.0 Å². The van der Waals surface area contributed by atoms with Gasteiger partial charge < -0.3 is 5.32 Å². The Kier molecular flexibility index (Phi) is 5.22. The molecule has 0 fully saturated rings. The topological polar surface area (TPSA) is 52.9 Å². The molecule has 0 bridgehead atoms. The quantitative estimate of drug-likeness (QED) is 0.845. The minimum atomic E-state index is -0.542. The molecule has 0 aliphatic heterocycles. The van der Waals surface area contributed by atoms with Crippen LogP contribution in [0.1, 0.15) is 43.4 Å². The van der Waals surface area contributed by atoms with E-state index in [1.165, 1.54) is 0 Å². The number of carbonyl (C=O) groups is 1. The van der Waals surface area contributed by atoms with E-state index in [9.17, 15) is 4.79 Å². The predicted octanol–water partition coefficient (Wildman–Crippen LogP) is 2.87. The summed E-state index contributed by atoms with van der Waals surface area (Å²) < 4.78 is 0. The van der Waals surface area contributed by atoms with Crippen LogP contribution < -0.4 is 5.32 Å². The van der Waals surface area contributed by atoms with Gasteiger partial charge in [-0.15, -0.1) is 0 Å². The minimum absolute atomic E-state index is 0.0565. The summed E-state index contributed by atoms with van der Waals surface area (Å²) in [5.41, 5.74) is 1.98. The average Bonchev–Trinajstić information content (AvgIpc) is 2.34. The summed E-state index contributed by atoms with van der Waals surface area (Å²) in [6.07, 6.45) is 2.33. The first-order chi connectivity index (χ1) is 8.17. The molecule has 17 heavy (non-hydrogen) atoms. The molecule has 0 heterocycles. The number of aryl methyl sites for hydroxylation is 1. The van der Waals surface area contributed by atoms with E-state index in [4.69, 9.17) is 5.26 Å². The molecule has 1 rings (SSSR count). The van der Waals surface area contributed by atoms with Crippen LogP contribution in [0.4, 0.5) is 0 Å². The molecule has 0 radical (unpaired) electrons. The van der Waals surface area contributed by atoms with Crippen LogP contribution in [0.2, 0.25) is 0 Å². The highest BCUT2D eigenvalue weighted by Crippen LogP contribution is 2.13. The van der Waals surface area contributed by atoms with E-state index in [2.05, 4.69) is 11.4 Å². The van der Waals surface area contributed by atoms with Gasteiger partial charge in [0, 0.05) is 6.42 Å². The van der Waals surface area contributed by atoms with Crippen molar-refractivity contribution in [3.05, 3.63) is 35.4 Å². The molecule has 3 heteroatoms. The van der Waals surface area contributed by atoms with E-state index in [-0.39, 0.29) is 5.91 Å². The van der Waals surface area contributed by atoms with Crippen molar-refractivity contribution in [3.8, 4) is 6.07 Å². The summed E-state index contributed by atoms with van der Waals surface area (Å²) in [7, 11) is 0. The van der Waals surface area contributed by atoms with Gasteiger partial charge in [-0.25, -0.2) is 0 Å². The van der Waals surface area contributed by atoms with E-state index >= 15 is 0 Å². The largest absolute Gasteiger partial charge is 0.337 e. The summed E-state index contributed by atoms with van der Waals surface area (Å²) in [5, 5.41) is 11.8. The first kappa shape index (κ1) is 13.2. The molecule has 1 atom stereocenters. The molecule has 1 aromatic rings. The maximum atomic E-state index is 11.5. The second-order valence-electron chi connectivity index (χ2n) is 4.14. The highest BCUT2D eigenvalue weighted by Gasteiger charge is 2.12.